The monoisotopic (exact) mass is 412 g/mol. The normalized spacial score (nSPS) is 13.1. The Balaban J connectivity index is 1.44. The first kappa shape index (κ1) is 19.6. The van der Waals surface area contributed by atoms with Crippen molar-refractivity contribution in [1.82, 2.24) is 14.9 Å². The number of carbonyl (C=O) groups is 1. The zero-order chi connectivity index (χ0) is 20.4. The van der Waals surface area contributed by atoms with E-state index < -0.39 is 0 Å². The van der Waals surface area contributed by atoms with Crippen LogP contribution < -0.4 is 15.6 Å². The second kappa shape index (κ2) is 8.34. The van der Waals surface area contributed by atoms with Crippen molar-refractivity contribution in [2.24, 2.45) is 0 Å². The van der Waals surface area contributed by atoms with Gasteiger partial charge in [0.25, 0.3) is 5.56 Å². The molecule has 0 atom stereocenters. The number of carbonyl (C=O) groups excluding carboxylic acids is 1. The van der Waals surface area contributed by atoms with Gasteiger partial charge in [-0.3, -0.25) is 14.5 Å². The maximum Gasteiger partial charge on any atom is 0.259 e. The number of nitrogens with one attached hydrogen (secondary N) is 2. The highest BCUT2D eigenvalue weighted by Gasteiger charge is 2.21. The number of aromatic amines is 1. The van der Waals surface area contributed by atoms with Gasteiger partial charge < -0.3 is 15.0 Å². The van der Waals surface area contributed by atoms with Crippen LogP contribution in [0, 0.1) is 0 Å². The summed E-state index contributed by atoms with van der Waals surface area (Å²) < 4.78 is 5.13. The van der Waals surface area contributed by atoms with Crippen molar-refractivity contribution in [3.05, 3.63) is 50.9 Å². The lowest BCUT2D eigenvalue weighted by Crippen LogP contribution is -2.33. The number of methoxy groups -OCH3 is 1. The van der Waals surface area contributed by atoms with Gasteiger partial charge in [-0.2, -0.15) is 0 Å². The number of aromatic nitrogens is 2. The van der Waals surface area contributed by atoms with E-state index in [0.29, 0.717) is 24.6 Å². The summed E-state index contributed by atoms with van der Waals surface area (Å²) in [6, 6.07) is 7.21. The van der Waals surface area contributed by atoms with Crippen LogP contribution in [-0.4, -0.2) is 41.0 Å². The number of benzene rings is 1. The molecule has 2 aromatic heterocycles. The second-order valence-corrected chi connectivity index (χ2v) is 8.21. The molecule has 152 valence electrons. The molecule has 1 aromatic carbocycles. The molecule has 0 bridgehead atoms. The first-order valence-electron chi connectivity index (χ1n) is 9.77. The van der Waals surface area contributed by atoms with Crippen molar-refractivity contribution in [2.75, 3.05) is 25.5 Å². The Labute approximate surface area is 172 Å². The summed E-state index contributed by atoms with van der Waals surface area (Å²) in [5, 5.41) is 3.64. The molecular formula is C21H24N4O3S. The molecule has 7 nitrogen and oxygen atoms in total. The number of nitrogens with zero attached hydrogens (tertiary/aromatic N) is 2. The van der Waals surface area contributed by atoms with Gasteiger partial charge in [0.2, 0.25) is 5.91 Å². The molecule has 4 rings (SSSR count). The predicted molar refractivity (Wildman–Crippen MR) is 115 cm³/mol. The highest BCUT2D eigenvalue weighted by Crippen LogP contribution is 2.34. The van der Waals surface area contributed by atoms with Crippen molar-refractivity contribution < 1.29 is 9.53 Å². The molecule has 2 heterocycles. The molecular weight excluding hydrogens is 388 g/mol. The molecule has 0 aliphatic heterocycles. The molecule has 1 amide bonds. The van der Waals surface area contributed by atoms with Gasteiger partial charge in [0.15, 0.2) is 0 Å². The molecule has 1 aliphatic rings. The van der Waals surface area contributed by atoms with Gasteiger partial charge in [0.1, 0.15) is 16.4 Å². The Hall–Kier alpha value is -2.71. The number of aryl methyl sites for hydroxylation is 2. The van der Waals surface area contributed by atoms with E-state index in [2.05, 4.69) is 15.3 Å². The number of ether oxygens (including phenoxy) is 1. The number of likely N-dealkylation sites (N-methyl/N-ethyl adjacent to an activating group) is 1. The van der Waals surface area contributed by atoms with Crippen LogP contribution in [0.3, 0.4) is 0 Å². The topological polar surface area (TPSA) is 87.3 Å². The number of amides is 1. The molecule has 0 fully saturated rings. The van der Waals surface area contributed by atoms with Crippen LogP contribution in [0.15, 0.2) is 29.1 Å². The average molecular weight is 413 g/mol. The predicted octanol–water partition coefficient (Wildman–Crippen LogP) is 2.94. The van der Waals surface area contributed by atoms with Crippen LogP contribution in [0.5, 0.6) is 5.75 Å². The minimum atomic E-state index is -0.115. The van der Waals surface area contributed by atoms with Gasteiger partial charge >= 0.3 is 0 Å². The average Bonchev–Trinajstić information content (AvgIpc) is 3.28. The van der Waals surface area contributed by atoms with Crippen LogP contribution >= 0.6 is 11.3 Å². The van der Waals surface area contributed by atoms with Crippen LogP contribution in [0.1, 0.15) is 29.6 Å². The van der Waals surface area contributed by atoms with Crippen LogP contribution in [0.25, 0.3) is 10.2 Å². The fourth-order valence-corrected chi connectivity index (χ4v) is 4.97. The van der Waals surface area contributed by atoms with Crippen LogP contribution in [0.2, 0.25) is 0 Å². The number of rotatable bonds is 7. The van der Waals surface area contributed by atoms with E-state index in [-0.39, 0.29) is 18.0 Å². The molecule has 0 saturated carbocycles. The summed E-state index contributed by atoms with van der Waals surface area (Å²) in [4.78, 5) is 36.7. The number of anilines is 1. The Morgan fingerprint density at radius 3 is 2.83 bits per heavy atom. The molecule has 0 spiro atoms. The van der Waals surface area contributed by atoms with Gasteiger partial charge in [0, 0.05) is 10.6 Å². The highest BCUT2D eigenvalue weighted by molar-refractivity contribution is 7.18. The van der Waals surface area contributed by atoms with Gasteiger partial charge in [-0.15, -0.1) is 11.3 Å². The lowest BCUT2D eigenvalue weighted by atomic mass is 10.2. The maximum atomic E-state index is 12.6. The Kier molecular flexibility index (Phi) is 5.64. The smallest absolute Gasteiger partial charge is 0.259 e. The summed E-state index contributed by atoms with van der Waals surface area (Å²) in [6.45, 7) is 3.28. The Morgan fingerprint density at radius 1 is 1.31 bits per heavy atom. The fraction of sp³-hybridized carbons (Fsp3) is 0.381. The van der Waals surface area contributed by atoms with E-state index in [9.17, 15) is 9.59 Å². The summed E-state index contributed by atoms with van der Waals surface area (Å²) in [5.41, 5.74) is 1.83. The summed E-state index contributed by atoms with van der Waals surface area (Å²) in [7, 11) is 1.60. The van der Waals surface area contributed by atoms with E-state index in [1.807, 2.05) is 11.8 Å². The van der Waals surface area contributed by atoms with Gasteiger partial charge in [-0.05, 0) is 55.6 Å². The maximum absolute atomic E-state index is 12.6. The van der Waals surface area contributed by atoms with E-state index in [4.69, 9.17) is 4.74 Å². The van der Waals surface area contributed by atoms with Gasteiger partial charge in [-0.1, -0.05) is 6.92 Å². The lowest BCUT2D eigenvalue weighted by molar-refractivity contribution is -0.117. The molecule has 3 aromatic rings. The molecule has 2 N–H and O–H groups in total. The van der Waals surface area contributed by atoms with Gasteiger partial charge in [0.05, 0.1) is 25.6 Å². The Bertz CT molecular complexity index is 1090. The molecule has 8 heteroatoms. The fourth-order valence-electron chi connectivity index (χ4n) is 3.69. The standard InChI is InChI=1S/C21H24N4O3S/c1-3-25(12-18(26)22-13-7-9-14(28-2)10-8-13)11-17-23-20(27)19-15-5-4-6-16(15)29-21(19)24-17/h7-10H,3-6,11-12H2,1-2H3,(H,22,26)(H,23,24,27). The molecule has 1 aliphatic carbocycles. The van der Waals surface area contributed by atoms with Crippen molar-refractivity contribution >= 4 is 33.1 Å². The zero-order valence-corrected chi connectivity index (χ0v) is 17.4. The SMILES string of the molecule is CCN(CC(=O)Nc1ccc(OC)cc1)Cc1nc2sc3c(c2c(=O)[nH]1)CCC3. The van der Waals surface area contributed by atoms with Crippen molar-refractivity contribution in [1.29, 1.82) is 0 Å². The molecule has 0 unspecified atom stereocenters. The number of fused-ring (bicyclic) bond motifs is 3. The van der Waals surface area contributed by atoms with E-state index in [0.717, 1.165) is 35.2 Å². The molecule has 0 radical (unpaired) electrons. The first-order valence-corrected chi connectivity index (χ1v) is 10.6. The Morgan fingerprint density at radius 2 is 2.10 bits per heavy atom. The first-order chi connectivity index (χ1) is 14.1. The molecule has 0 saturated heterocycles. The number of H-pyrrole nitrogens is 1. The number of hydrogen-bond donors (Lipinski definition) is 2. The van der Waals surface area contributed by atoms with Gasteiger partial charge in [-0.25, -0.2) is 4.98 Å². The quantitative estimate of drug-likeness (QED) is 0.623. The van der Waals surface area contributed by atoms with Crippen molar-refractivity contribution in [2.45, 2.75) is 32.7 Å². The molecule has 29 heavy (non-hydrogen) atoms. The summed E-state index contributed by atoms with van der Waals surface area (Å²) in [5.74, 6) is 1.22. The third-order valence-corrected chi connectivity index (χ3v) is 6.37. The van der Waals surface area contributed by atoms with Crippen molar-refractivity contribution in [3.63, 3.8) is 0 Å². The second-order valence-electron chi connectivity index (χ2n) is 7.13. The summed E-state index contributed by atoms with van der Waals surface area (Å²) in [6.07, 6.45) is 3.12. The third kappa shape index (κ3) is 4.18. The largest absolute Gasteiger partial charge is 0.497 e. The number of thiophene rings is 1. The number of hydrogen-bond acceptors (Lipinski definition) is 6. The van der Waals surface area contributed by atoms with E-state index in [1.54, 1.807) is 42.7 Å². The third-order valence-electron chi connectivity index (χ3n) is 5.19. The minimum Gasteiger partial charge on any atom is -0.497 e. The minimum absolute atomic E-state index is 0.0665. The zero-order valence-electron chi connectivity index (χ0n) is 16.6. The van der Waals surface area contributed by atoms with E-state index in [1.165, 1.54) is 10.4 Å². The highest BCUT2D eigenvalue weighted by atomic mass is 32.1. The van der Waals surface area contributed by atoms with Crippen LogP contribution in [-0.2, 0) is 24.2 Å². The van der Waals surface area contributed by atoms with Crippen molar-refractivity contribution in [3.8, 4) is 5.75 Å². The lowest BCUT2D eigenvalue weighted by Gasteiger charge is -2.19. The summed E-state index contributed by atoms with van der Waals surface area (Å²) >= 11 is 1.63. The van der Waals surface area contributed by atoms with E-state index >= 15 is 0 Å². The van der Waals surface area contributed by atoms with Crippen LogP contribution in [0.4, 0.5) is 5.69 Å².